The number of aromatic nitrogens is 3. The fourth-order valence-electron chi connectivity index (χ4n) is 5.86. The van der Waals surface area contributed by atoms with E-state index in [1.807, 2.05) is 0 Å². The minimum atomic E-state index is -5.09. The van der Waals surface area contributed by atoms with Gasteiger partial charge in [-0.3, -0.25) is 9.69 Å². The number of fused-ring (bicyclic) bond motifs is 2. The third-order valence-corrected chi connectivity index (χ3v) is 8.98. The first-order chi connectivity index (χ1) is 21.7. The van der Waals surface area contributed by atoms with Gasteiger partial charge in [-0.2, -0.15) is 23.1 Å². The predicted octanol–water partition coefficient (Wildman–Crippen LogP) is 5.34. The van der Waals surface area contributed by atoms with E-state index >= 15 is 4.39 Å². The second-order valence-corrected chi connectivity index (χ2v) is 12.1. The van der Waals surface area contributed by atoms with E-state index in [0.29, 0.717) is 17.4 Å². The highest BCUT2D eigenvalue weighted by Crippen LogP contribution is 2.46. The Morgan fingerprint density at radius 3 is 2.50 bits per heavy atom. The number of piperazine rings is 1. The summed E-state index contributed by atoms with van der Waals surface area (Å²) in [5.74, 6) is -5.58. The van der Waals surface area contributed by atoms with Crippen LogP contribution >= 0.6 is 11.3 Å². The van der Waals surface area contributed by atoms with E-state index in [2.05, 4.69) is 21.5 Å². The monoisotopic (exact) mass is 669 g/mol. The normalized spacial score (nSPS) is 18.9. The zero-order valence-electron chi connectivity index (χ0n) is 24.2. The number of anilines is 2. The van der Waals surface area contributed by atoms with Gasteiger partial charge in [0.1, 0.15) is 23.8 Å². The summed E-state index contributed by atoms with van der Waals surface area (Å²) in [6.07, 6.45) is -4.46. The molecule has 9 nitrogen and oxygen atoms in total. The fourth-order valence-corrected chi connectivity index (χ4v) is 6.63. The molecule has 2 aliphatic heterocycles. The maximum atomic E-state index is 16.6. The van der Waals surface area contributed by atoms with Crippen molar-refractivity contribution in [3.05, 3.63) is 48.1 Å². The fraction of sp³-hybridized carbons (Fsp3) is 0.379. The standard InChI is InChI=1S/C29H26F7N7O2S/c1-3-19(44)42-6-8-43(9-7-42)25-16-10-17(29(34,35)36)20(15-4-5-18(30)24-23(15)38-26(37)46-24)21(31)22(16)39-27(40-25)45-12-14-11-28(32,33)13-41(14)2/h3-5,10,14H,1,6-9,11-13H2,2H3,(H2,37,38)/t14-/m0/s1. The number of hydrogen-bond donors (Lipinski definition) is 1. The SMILES string of the molecule is C=CC(=O)N1CCN(c2nc(OC[C@@H]3CC(F)(F)CN3C)nc3c(F)c(-c4ccc(F)c5sc(N)nc45)c(C(F)(F)F)cc23)CC1. The quantitative estimate of drug-likeness (QED) is 0.217. The lowest BCUT2D eigenvalue weighted by Gasteiger charge is -2.35. The lowest BCUT2D eigenvalue weighted by atomic mass is 9.95. The Morgan fingerprint density at radius 1 is 1.15 bits per heavy atom. The number of ether oxygens (including phenoxy) is 1. The lowest BCUT2D eigenvalue weighted by Crippen LogP contribution is -2.48. The molecule has 2 saturated heterocycles. The summed E-state index contributed by atoms with van der Waals surface area (Å²) >= 11 is 0.701. The van der Waals surface area contributed by atoms with Crippen molar-refractivity contribution in [1.29, 1.82) is 0 Å². The number of carbonyl (C=O) groups excluding carboxylic acids is 1. The van der Waals surface area contributed by atoms with Crippen LogP contribution in [-0.4, -0.2) is 89.0 Å². The number of alkyl halides is 5. The van der Waals surface area contributed by atoms with E-state index in [1.54, 1.807) is 4.90 Å². The molecule has 1 amide bonds. The first-order valence-corrected chi connectivity index (χ1v) is 14.8. The van der Waals surface area contributed by atoms with Crippen LogP contribution in [0.1, 0.15) is 12.0 Å². The highest BCUT2D eigenvalue weighted by Gasteiger charge is 2.44. The van der Waals surface area contributed by atoms with E-state index in [0.717, 1.165) is 18.2 Å². The van der Waals surface area contributed by atoms with Crippen LogP contribution < -0.4 is 15.4 Å². The number of amides is 1. The zero-order chi connectivity index (χ0) is 33.1. The number of carbonyl (C=O) groups is 1. The van der Waals surface area contributed by atoms with Gasteiger partial charge in [0.05, 0.1) is 22.3 Å². The molecule has 2 aromatic heterocycles. The number of likely N-dealkylation sites (tertiary alicyclic amines) is 1. The van der Waals surface area contributed by atoms with Crippen LogP contribution in [0.5, 0.6) is 6.01 Å². The molecule has 46 heavy (non-hydrogen) atoms. The van der Waals surface area contributed by atoms with Gasteiger partial charge in [0.15, 0.2) is 10.9 Å². The Labute approximate surface area is 261 Å². The molecule has 2 fully saturated rings. The number of benzene rings is 2. The maximum absolute atomic E-state index is 16.6. The van der Waals surface area contributed by atoms with E-state index in [1.165, 1.54) is 16.8 Å². The van der Waals surface area contributed by atoms with Gasteiger partial charge in [0.2, 0.25) is 5.91 Å². The first kappa shape index (κ1) is 31.7. The number of hydrogen-bond acceptors (Lipinski definition) is 9. The minimum Gasteiger partial charge on any atom is -0.462 e. The Balaban J connectivity index is 1.52. The van der Waals surface area contributed by atoms with Crippen molar-refractivity contribution in [3.63, 3.8) is 0 Å². The van der Waals surface area contributed by atoms with Gasteiger partial charge in [0.25, 0.3) is 5.92 Å². The predicted molar refractivity (Wildman–Crippen MR) is 158 cm³/mol. The summed E-state index contributed by atoms with van der Waals surface area (Å²) in [7, 11) is 1.49. The van der Waals surface area contributed by atoms with Gasteiger partial charge >= 0.3 is 12.2 Å². The highest BCUT2D eigenvalue weighted by atomic mass is 32.1. The average molecular weight is 670 g/mol. The molecule has 2 aromatic carbocycles. The van der Waals surface area contributed by atoms with Crippen LogP contribution in [0.4, 0.5) is 41.7 Å². The molecule has 0 aliphatic carbocycles. The number of nitrogens with two attached hydrogens (primary N) is 1. The Bertz CT molecular complexity index is 1860. The molecule has 4 heterocycles. The Hall–Kier alpha value is -4.25. The summed E-state index contributed by atoms with van der Waals surface area (Å²) in [5.41, 5.74) is 2.26. The highest BCUT2D eigenvalue weighted by molar-refractivity contribution is 7.22. The van der Waals surface area contributed by atoms with Crippen LogP contribution in [-0.2, 0) is 11.0 Å². The molecule has 6 rings (SSSR count). The molecular formula is C29H26F7N7O2S. The van der Waals surface area contributed by atoms with Crippen LogP contribution in [0.25, 0.3) is 32.2 Å². The number of likely N-dealkylation sites (N-methyl/N-ethyl adjacent to an activating group) is 1. The van der Waals surface area contributed by atoms with E-state index < -0.39 is 65.4 Å². The van der Waals surface area contributed by atoms with Crippen molar-refractivity contribution in [1.82, 2.24) is 24.8 Å². The molecule has 1 atom stereocenters. The van der Waals surface area contributed by atoms with Crippen molar-refractivity contribution in [2.24, 2.45) is 0 Å². The summed E-state index contributed by atoms with van der Waals surface area (Å²) in [6, 6.07) is 1.42. The number of rotatable bonds is 6. The van der Waals surface area contributed by atoms with Crippen molar-refractivity contribution < 1.29 is 40.3 Å². The van der Waals surface area contributed by atoms with Gasteiger partial charge in [-0.1, -0.05) is 17.9 Å². The molecule has 17 heteroatoms. The van der Waals surface area contributed by atoms with E-state index in [4.69, 9.17) is 10.5 Å². The molecule has 0 bridgehead atoms. The second kappa shape index (κ2) is 11.5. The van der Waals surface area contributed by atoms with Gasteiger partial charge in [-0.25, -0.2) is 22.5 Å². The van der Waals surface area contributed by atoms with Crippen molar-refractivity contribution >= 4 is 49.3 Å². The van der Waals surface area contributed by atoms with Crippen LogP contribution in [0.3, 0.4) is 0 Å². The third-order valence-electron chi connectivity index (χ3n) is 8.09. The summed E-state index contributed by atoms with van der Waals surface area (Å²) < 4.78 is 109. The summed E-state index contributed by atoms with van der Waals surface area (Å²) in [5, 5.41) is -0.432. The Kier molecular flexibility index (Phi) is 7.95. The first-order valence-electron chi connectivity index (χ1n) is 14.0. The minimum absolute atomic E-state index is 0.103. The number of thiazole rings is 1. The number of nitrogen functional groups attached to an aromatic ring is 1. The van der Waals surface area contributed by atoms with Gasteiger partial charge in [-0.15, -0.1) is 0 Å². The zero-order valence-corrected chi connectivity index (χ0v) is 25.0. The second-order valence-electron chi connectivity index (χ2n) is 11.1. The topological polar surface area (TPSA) is 101 Å². The van der Waals surface area contributed by atoms with Crippen LogP contribution in [0, 0.1) is 11.6 Å². The molecule has 0 spiro atoms. The molecule has 2 N–H and O–H groups in total. The molecule has 244 valence electrons. The Morgan fingerprint density at radius 2 is 1.87 bits per heavy atom. The average Bonchev–Trinajstić information content (AvgIpc) is 3.53. The molecule has 2 aliphatic rings. The van der Waals surface area contributed by atoms with Crippen LogP contribution in [0.2, 0.25) is 0 Å². The lowest BCUT2D eigenvalue weighted by molar-refractivity contribution is -0.137. The molecule has 0 saturated carbocycles. The number of nitrogens with zero attached hydrogens (tertiary/aromatic N) is 6. The van der Waals surface area contributed by atoms with Gasteiger partial charge in [-0.05, 0) is 31.3 Å². The van der Waals surface area contributed by atoms with Gasteiger partial charge < -0.3 is 20.3 Å². The summed E-state index contributed by atoms with van der Waals surface area (Å²) in [6.45, 7) is 3.23. The maximum Gasteiger partial charge on any atom is 0.417 e. The molecular weight excluding hydrogens is 643 g/mol. The largest absolute Gasteiger partial charge is 0.462 e. The van der Waals surface area contributed by atoms with Crippen molar-refractivity contribution in [2.75, 3.05) is 57.0 Å². The van der Waals surface area contributed by atoms with Crippen LogP contribution in [0.15, 0.2) is 30.9 Å². The van der Waals surface area contributed by atoms with Crippen molar-refractivity contribution in [3.8, 4) is 17.1 Å². The van der Waals surface area contributed by atoms with E-state index in [-0.39, 0.29) is 70.8 Å². The smallest absolute Gasteiger partial charge is 0.417 e. The third kappa shape index (κ3) is 5.77. The summed E-state index contributed by atoms with van der Waals surface area (Å²) in [4.78, 5) is 29.0. The van der Waals surface area contributed by atoms with Crippen molar-refractivity contribution in [2.45, 2.75) is 24.6 Å². The number of halogens is 7. The van der Waals surface area contributed by atoms with E-state index in [9.17, 15) is 31.1 Å². The molecule has 0 unspecified atom stereocenters. The molecule has 0 radical (unpaired) electrons. The molecule has 4 aromatic rings. The van der Waals surface area contributed by atoms with Gasteiger partial charge in [0, 0.05) is 55.2 Å².